The van der Waals surface area contributed by atoms with Gasteiger partial charge in [-0.05, 0) is 42.7 Å². The Balaban J connectivity index is 1.82. The van der Waals surface area contributed by atoms with E-state index in [1.54, 1.807) is 6.07 Å². The van der Waals surface area contributed by atoms with Crippen LogP contribution < -0.4 is 0 Å². The van der Waals surface area contributed by atoms with Gasteiger partial charge in [0.2, 0.25) is 0 Å². The van der Waals surface area contributed by atoms with Gasteiger partial charge in [-0.1, -0.05) is 30.3 Å². The first kappa shape index (κ1) is 18.5. The number of benzene rings is 2. The number of morpholine rings is 1. The Morgan fingerprint density at radius 1 is 1.27 bits per heavy atom. The Kier molecular flexibility index (Phi) is 5.69. The minimum atomic E-state index is -0.666. The van der Waals surface area contributed by atoms with E-state index in [2.05, 4.69) is 21.8 Å². The van der Waals surface area contributed by atoms with Crippen LogP contribution in [0.2, 0.25) is 0 Å². The van der Waals surface area contributed by atoms with Crippen molar-refractivity contribution in [2.75, 3.05) is 20.2 Å². The quantitative estimate of drug-likeness (QED) is 0.779. The van der Waals surface area contributed by atoms with Crippen molar-refractivity contribution in [3.63, 3.8) is 0 Å². The molecule has 2 aromatic carbocycles. The van der Waals surface area contributed by atoms with Crippen molar-refractivity contribution in [2.45, 2.75) is 32.6 Å². The third kappa shape index (κ3) is 4.11. The van der Waals surface area contributed by atoms with E-state index < -0.39 is 11.8 Å². The molecule has 1 aliphatic rings. The first-order chi connectivity index (χ1) is 12.5. The van der Waals surface area contributed by atoms with Gasteiger partial charge in [0.15, 0.2) is 0 Å². The van der Waals surface area contributed by atoms with Crippen LogP contribution >= 0.6 is 0 Å². The van der Waals surface area contributed by atoms with Gasteiger partial charge in [0, 0.05) is 19.6 Å². The molecule has 138 valence electrons. The maximum atomic E-state index is 14.4. The van der Waals surface area contributed by atoms with Gasteiger partial charge in [0.25, 0.3) is 0 Å². The molecule has 2 aromatic rings. The smallest absolute Gasteiger partial charge is 0.340 e. The van der Waals surface area contributed by atoms with E-state index in [-0.39, 0.29) is 17.8 Å². The molecule has 3 rings (SSSR count). The maximum Gasteiger partial charge on any atom is 0.340 e. The summed E-state index contributed by atoms with van der Waals surface area (Å²) in [6, 6.07) is 13.2. The normalized spacial score (nSPS) is 20.8. The molecule has 26 heavy (non-hydrogen) atoms. The molecule has 1 heterocycles. The van der Waals surface area contributed by atoms with Gasteiger partial charge in [-0.3, -0.25) is 4.90 Å². The summed E-state index contributed by atoms with van der Waals surface area (Å²) in [5, 5.41) is 0. The summed E-state index contributed by atoms with van der Waals surface area (Å²) in [7, 11) is 1.25. The predicted octanol–water partition coefficient (Wildman–Crippen LogP) is 3.88. The second-order valence-corrected chi connectivity index (χ2v) is 6.80. The first-order valence-electron chi connectivity index (χ1n) is 8.78. The lowest BCUT2D eigenvalue weighted by Gasteiger charge is -2.37. The van der Waals surface area contributed by atoms with Gasteiger partial charge in [0.1, 0.15) is 5.82 Å². The van der Waals surface area contributed by atoms with Crippen molar-refractivity contribution < 1.29 is 18.7 Å². The molecular weight excluding hydrogens is 333 g/mol. The monoisotopic (exact) mass is 357 g/mol. The number of nitrogens with zero attached hydrogens (tertiary/aromatic N) is 1. The number of methoxy groups -OCH3 is 1. The van der Waals surface area contributed by atoms with Crippen molar-refractivity contribution >= 4 is 5.97 Å². The highest BCUT2D eigenvalue weighted by Crippen LogP contribution is 2.30. The molecule has 1 fully saturated rings. The van der Waals surface area contributed by atoms with Gasteiger partial charge < -0.3 is 9.47 Å². The van der Waals surface area contributed by atoms with Gasteiger partial charge in [-0.15, -0.1) is 0 Å². The number of ether oxygens (including phenoxy) is 2. The van der Waals surface area contributed by atoms with Crippen LogP contribution in [-0.2, 0) is 16.0 Å². The second kappa shape index (κ2) is 7.98. The molecule has 0 N–H and O–H groups in total. The third-order valence-electron chi connectivity index (χ3n) is 4.69. The molecule has 0 bridgehead atoms. The standard InChI is InChI=1S/C21H24FNO3/c1-14-9-18(21(24)25-3)19(22)10-17(14)20-13-23(11-15(2)26-20)12-16-7-5-4-6-8-16/h4-10,15,20H,11-13H2,1-3H3/t15-,20+/m0/s1. The van der Waals surface area contributed by atoms with Crippen molar-refractivity contribution in [1.29, 1.82) is 0 Å². The molecule has 0 spiro atoms. The zero-order valence-corrected chi connectivity index (χ0v) is 15.4. The molecule has 0 saturated carbocycles. The van der Waals surface area contributed by atoms with Crippen LogP contribution in [0.4, 0.5) is 4.39 Å². The Morgan fingerprint density at radius 2 is 2.00 bits per heavy atom. The zero-order valence-electron chi connectivity index (χ0n) is 15.4. The van der Waals surface area contributed by atoms with Crippen molar-refractivity contribution in [1.82, 2.24) is 4.90 Å². The number of carbonyl (C=O) groups excluding carboxylic acids is 1. The third-order valence-corrected chi connectivity index (χ3v) is 4.69. The van der Waals surface area contributed by atoms with Crippen molar-refractivity contribution in [2.24, 2.45) is 0 Å². The minimum Gasteiger partial charge on any atom is -0.465 e. The first-order valence-corrected chi connectivity index (χ1v) is 8.78. The number of esters is 1. The van der Waals surface area contributed by atoms with Crippen LogP contribution in [0.25, 0.3) is 0 Å². The van der Waals surface area contributed by atoms with E-state index in [0.29, 0.717) is 6.54 Å². The van der Waals surface area contributed by atoms with Gasteiger partial charge in [-0.2, -0.15) is 0 Å². The highest BCUT2D eigenvalue weighted by atomic mass is 19.1. The summed E-state index contributed by atoms with van der Waals surface area (Å²) >= 11 is 0. The largest absolute Gasteiger partial charge is 0.465 e. The zero-order chi connectivity index (χ0) is 18.7. The van der Waals surface area contributed by atoms with Gasteiger partial charge in [0.05, 0.1) is 24.9 Å². The highest BCUT2D eigenvalue weighted by Gasteiger charge is 2.28. The number of rotatable bonds is 4. The second-order valence-electron chi connectivity index (χ2n) is 6.80. The van der Waals surface area contributed by atoms with Crippen molar-refractivity contribution in [3.8, 4) is 0 Å². The highest BCUT2D eigenvalue weighted by molar-refractivity contribution is 5.90. The molecule has 0 radical (unpaired) electrons. The predicted molar refractivity (Wildman–Crippen MR) is 97.5 cm³/mol. The van der Waals surface area contributed by atoms with E-state index >= 15 is 0 Å². The lowest BCUT2D eigenvalue weighted by Crippen LogP contribution is -2.42. The molecular formula is C21H24FNO3. The lowest BCUT2D eigenvalue weighted by molar-refractivity contribution is -0.0817. The Labute approximate surface area is 153 Å². The topological polar surface area (TPSA) is 38.8 Å². The summed E-state index contributed by atoms with van der Waals surface area (Å²) in [5.74, 6) is -1.24. The average molecular weight is 357 g/mol. The van der Waals surface area contributed by atoms with Crippen LogP contribution in [0.1, 0.15) is 40.1 Å². The summed E-state index contributed by atoms with van der Waals surface area (Å²) in [6.07, 6.45) is -0.191. The minimum absolute atomic E-state index is 0.0419. The molecule has 1 aliphatic heterocycles. The van der Waals surface area contributed by atoms with E-state index in [1.165, 1.54) is 18.7 Å². The van der Waals surface area contributed by atoms with Crippen molar-refractivity contribution in [3.05, 3.63) is 70.5 Å². The SMILES string of the molecule is COC(=O)c1cc(C)c([C@H]2CN(Cc3ccccc3)C[C@H](C)O2)cc1F. The average Bonchev–Trinajstić information content (AvgIpc) is 2.63. The Hall–Kier alpha value is -2.24. The number of hydrogen-bond acceptors (Lipinski definition) is 4. The molecule has 4 nitrogen and oxygen atoms in total. The summed E-state index contributed by atoms with van der Waals surface area (Å²) in [5.41, 5.74) is 2.80. The van der Waals surface area contributed by atoms with Crippen LogP contribution in [0.15, 0.2) is 42.5 Å². The molecule has 0 aliphatic carbocycles. The maximum absolute atomic E-state index is 14.4. The Morgan fingerprint density at radius 3 is 2.69 bits per heavy atom. The fraction of sp³-hybridized carbons (Fsp3) is 0.381. The molecule has 0 unspecified atom stereocenters. The van der Waals surface area contributed by atoms with Gasteiger partial charge >= 0.3 is 5.97 Å². The summed E-state index contributed by atoms with van der Waals surface area (Å²) in [4.78, 5) is 14.0. The molecule has 2 atom stereocenters. The fourth-order valence-electron chi connectivity index (χ4n) is 3.49. The van der Waals surface area contributed by atoms with Crippen LogP contribution in [0.5, 0.6) is 0 Å². The molecule has 5 heteroatoms. The van der Waals surface area contributed by atoms with E-state index in [4.69, 9.17) is 4.74 Å². The van der Waals surface area contributed by atoms with E-state index in [0.717, 1.165) is 24.2 Å². The summed E-state index contributed by atoms with van der Waals surface area (Å²) in [6.45, 7) is 6.22. The Bertz CT molecular complexity index is 778. The number of aryl methyl sites for hydroxylation is 1. The van der Waals surface area contributed by atoms with Crippen LogP contribution in [-0.4, -0.2) is 37.2 Å². The van der Waals surface area contributed by atoms with Crippen LogP contribution in [0.3, 0.4) is 0 Å². The lowest BCUT2D eigenvalue weighted by atomic mass is 9.98. The fourth-order valence-corrected chi connectivity index (χ4v) is 3.49. The van der Waals surface area contributed by atoms with Crippen LogP contribution in [0, 0.1) is 12.7 Å². The van der Waals surface area contributed by atoms with E-state index in [9.17, 15) is 9.18 Å². The van der Waals surface area contributed by atoms with Gasteiger partial charge in [-0.25, -0.2) is 9.18 Å². The number of hydrogen-bond donors (Lipinski definition) is 0. The molecule has 1 saturated heterocycles. The molecule has 0 aromatic heterocycles. The number of halogens is 1. The van der Waals surface area contributed by atoms with E-state index in [1.807, 2.05) is 32.0 Å². The summed E-state index contributed by atoms with van der Waals surface area (Å²) < 4.78 is 25.1. The molecule has 0 amide bonds. The number of carbonyl (C=O) groups is 1.